The topological polar surface area (TPSA) is 152 Å². The molecule has 1 aliphatic heterocycles. The first kappa shape index (κ1) is 49.2. The van der Waals surface area contributed by atoms with Gasteiger partial charge in [-0.2, -0.15) is 0 Å². The molecule has 1 aliphatic rings. The number of carbonyl (C=O) groups is 2. The quantitative estimate of drug-likeness (QED) is 0.0301. The summed E-state index contributed by atoms with van der Waals surface area (Å²) in [5.41, 5.74) is 0. The van der Waals surface area contributed by atoms with Gasteiger partial charge in [0.05, 0.1) is 13.2 Å². The number of unbranched alkanes of at least 4 members (excludes halogenated alkanes) is 9. The van der Waals surface area contributed by atoms with E-state index in [0.717, 1.165) is 83.5 Å². The Morgan fingerprint density at radius 3 is 1.69 bits per heavy atom. The second-order valence-corrected chi connectivity index (χ2v) is 13.7. The fourth-order valence-electron chi connectivity index (χ4n) is 5.55. The summed E-state index contributed by atoms with van der Waals surface area (Å²) in [7, 11) is 0. The van der Waals surface area contributed by atoms with E-state index >= 15 is 0 Å². The molecule has 0 radical (unpaired) electrons. The number of ether oxygens (including phenoxy) is 4. The number of esters is 2. The molecule has 0 aromatic heterocycles. The van der Waals surface area contributed by atoms with Crippen molar-refractivity contribution in [2.75, 3.05) is 19.8 Å². The highest BCUT2D eigenvalue weighted by molar-refractivity contribution is 5.70. The lowest BCUT2D eigenvalue weighted by Gasteiger charge is -2.39. The number of rotatable bonds is 32. The Hall–Kier alpha value is -2.86. The Balaban J connectivity index is 2.43. The van der Waals surface area contributed by atoms with Crippen molar-refractivity contribution in [1.29, 1.82) is 0 Å². The van der Waals surface area contributed by atoms with Crippen molar-refractivity contribution in [2.24, 2.45) is 0 Å². The van der Waals surface area contributed by atoms with Gasteiger partial charge in [0, 0.05) is 12.8 Å². The predicted octanol–water partition coefficient (Wildman–Crippen LogP) is 8.05. The van der Waals surface area contributed by atoms with Crippen LogP contribution in [0.15, 0.2) is 72.9 Å². The zero-order chi connectivity index (χ0) is 39.5. The maximum atomic E-state index is 12.7. The van der Waals surface area contributed by atoms with E-state index in [1.54, 1.807) is 0 Å². The van der Waals surface area contributed by atoms with Gasteiger partial charge in [-0.05, 0) is 77.0 Å². The third kappa shape index (κ3) is 26.0. The molecule has 4 N–H and O–H groups in total. The van der Waals surface area contributed by atoms with Crippen LogP contribution in [0.1, 0.15) is 136 Å². The van der Waals surface area contributed by atoms with Gasteiger partial charge in [0.15, 0.2) is 12.4 Å². The molecular formula is C44H72O10. The lowest BCUT2D eigenvalue weighted by Crippen LogP contribution is -2.59. The van der Waals surface area contributed by atoms with E-state index in [-0.39, 0.29) is 26.1 Å². The van der Waals surface area contributed by atoms with E-state index in [1.165, 1.54) is 12.8 Å². The number of aliphatic hydroxyl groups excluding tert-OH is 4. The summed E-state index contributed by atoms with van der Waals surface area (Å²) in [5, 5.41) is 40.0. The number of hydrogen-bond donors (Lipinski definition) is 4. The third-order valence-electron chi connectivity index (χ3n) is 8.83. The molecule has 10 heteroatoms. The van der Waals surface area contributed by atoms with Crippen LogP contribution in [0.2, 0.25) is 0 Å². The monoisotopic (exact) mass is 761 g/mol. The average molecular weight is 761 g/mol. The first-order chi connectivity index (χ1) is 26.3. The summed E-state index contributed by atoms with van der Waals surface area (Å²) in [6.45, 7) is 3.18. The second-order valence-electron chi connectivity index (χ2n) is 13.7. The minimum Gasteiger partial charge on any atom is -0.462 e. The predicted molar refractivity (Wildman–Crippen MR) is 214 cm³/mol. The lowest BCUT2D eigenvalue weighted by atomic mass is 9.99. The van der Waals surface area contributed by atoms with Crippen LogP contribution in [-0.4, -0.2) is 89.0 Å². The van der Waals surface area contributed by atoms with Crippen molar-refractivity contribution < 1.29 is 49.0 Å². The fourth-order valence-corrected chi connectivity index (χ4v) is 5.55. The molecule has 54 heavy (non-hydrogen) atoms. The number of allylic oxidation sites excluding steroid dienone is 12. The van der Waals surface area contributed by atoms with Crippen LogP contribution < -0.4 is 0 Å². The maximum Gasteiger partial charge on any atom is 0.306 e. The minimum absolute atomic E-state index is 0.171. The molecule has 6 atom stereocenters. The summed E-state index contributed by atoms with van der Waals surface area (Å²) >= 11 is 0. The lowest BCUT2D eigenvalue weighted by molar-refractivity contribution is -0.305. The fraction of sp³-hybridized carbons (Fsp3) is 0.682. The van der Waals surface area contributed by atoms with Gasteiger partial charge in [0.2, 0.25) is 0 Å². The molecule has 0 aromatic carbocycles. The van der Waals surface area contributed by atoms with Crippen LogP contribution in [0, 0.1) is 0 Å². The van der Waals surface area contributed by atoms with Gasteiger partial charge in [-0.15, -0.1) is 0 Å². The first-order valence-electron chi connectivity index (χ1n) is 20.5. The van der Waals surface area contributed by atoms with Crippen molar-refractivity contribution in [3.63, 3.8) is 0 Å². The summed E-state index contributed by atoms with van der Waals surface area (Å²) in [6.07, 6.45) is 34.8. The molecule has 0 amide bonds. The van der Waals surface area contributed by atoms with Crippen molar-refractivity contribution in [3.05, 3.63) is 72.9 Å². The Bertz CT molecular complexity index is 1110. The van der Waals surface area contributed by atoms with Crippen molar-refractivity contribution in [3.8, 4) is 0 Å². The number of aliphatic hydroxyl groups is 4. The molecule has 1 rings (SSSR count). The van der Waals surface area contributed by atoms with E-state index in [4.69, 9.17) is 18.9 Å². The van der Waals surface area contributed by atoms with E-state index < -0.39 is 55.4 Å². The molecule has 0 bridgehead atoms. The van der Waals surface area contributed by atoms with Crippen LogP contribution in [0.5, 0.6) is 0 Å². The zero-order valence-electron chi connectivity index (χ0n) is 33.2. The molecule has 0 aromatic rings. The van der Waals surface area contributed by atoms with Gasteiger partial charge < -0.3 is 39.4 Å². The summed E-state index contributed by atoms with van der Waals surface area (Å²) in [4.78, 5) is 25.2. The molecule has 308 valence electrons. The molecule has 1 saturated heterocycles. The highest BCUT2D eigenvalue weighted by Crippen LogP contribution is 2.22. The van der Waals surface area contributed by atoms with Crippen LogP contribution in [0.25, 0.3) is 0 Å². The van der Waals surface area contributed by atoms with Crippen LogP contribution in [0.4, 0.5) is 0 Å². The summed E-state index contributed by atoms with van der Waals surface area (Å²) in [5.74, 6) is -0.881. The molecule has 0 saturated carbocycles. The highest BCUT2D eigenvalue weighted by atomic mass is 16.7. The van der Waals surface area contributed by atoms with Gasteiger partial charge in [-0.1, -0.05) is 119 Å². The van der Waals surface area contributed by atoms with E-state index in [1.807, 2.05) is 0 Å². The Labute approximate surface area is 325 Å². The summed E-state index contributed by atoms with van der Waals surface area (Å²) in [6, 6.07) is 0. The second kappa shape index (κ2) is 34.6. The SMILES string of the molecule is CC/C=C/C/C=C/C/C=C/C/C=C/CCCCC(=O)O[C@@H](COC(=O)CCCCCCC/C=C/C/C=C/CCCC)CO[C@H]1O[C@@H](CO)[C@@H](O)C(O)C1O. The minimum atomic E-state index is -1.61. The molecular weight excluding hydrogens is 688 g/mol. The molecule has 1 fully saturated rings. The van der Waals surface area contributed by atoms with E-state index in [9.17, 15) is 30.0 Å². The summed E-state index contributed by atoms with van der Waals surface area (Å²) < 4.78 is 22.0. The van der Waals surface area contributed by atoms with Crippen LogP contribution >= 0.6 is 0 Å². The van der Waals surface area contributed by atoms with Crippen molar-refractivity contribution in [2.45, 2.75) is 173 Å². The number of carbonyl (C=O) groups excluding carboxylic acids is 2. The van der Waals surface area contributed by atoms with Gasteiger partial charge in [0.1, 0.15) is 31.0 Å². The van der Waals surface area contributed by atoms with E-state index in [0.29, 0.717) is 12.8 Å². The van der Waals surface area contributed by atoms with Gasteiger partial charge in [0.25, 0.3) is 0 Å². The van der Waals surface area contributed by atoms with Crippen LogP contribution in [0.3, 0.4) is 0 Å². The standard InChI is InChI=1S/C44H72O10/c1-3-5-7-9-11-13-15-17-19-21-23-25-27-29-31-33-40(47)53-37(36-52-44-43(50)42(49)41(48)38(34-45)54-44)35-51-39(46)32-30-28-26-24-22-20-18-16-14-12-10-8-6-4-2/h5,7,10-13,16-19,23,25,37-38,41-45,48-50H,3-4,6,8-9,14-15,20-22,24,26-36H2,1-2H3/b7-5+,12-10+,13-11+,18-16+,19-17+,25-23+/t37-,38-,41+,42?,43?,44-/m0/s1. The molecule has 1 heterocycles. The van der Waals surface area contributed by atoms with Gasteiger partial charge >= 0.3 is 11.9 Å². The van der Waals surface area contributed by atoms with Crippen molar-refractivity contribution in [1.82, 2.24) is 0 Å². The molecule has 2 unspecified atom stereocenters. The van der Waals surface area contributed by atoms with Gasteiger partial charge in [-0.3, -0.25) is 9.59 Å². The van der Waals surface area contributed by atoms with Crippen molar-refractivity contribution >= 4 is 11.9 Å². The Kier molecular flexibility index (Phi) is 31.5. The number of hydrogen-bond acceptors (Lipinski definition) is 10. The Morgan fingerprint density at radius 1 is 0.593 bits per heavy atom. The maximum absolute atomic E-state index is 12.7. The highest BCUT2D eigenvalue weighted by Gasteiger charge is 2.44. The zero-order valence-corrected chi connectivity index (χ0v) is 33.2. The molecule has 0 spiro atoms. The van der Waals surface area contributed by atoms with Gasteiger partial charge in [-0.25, -0.2) is 0 Å². The average Bonchev–Trinajstić information content (AvgIpc) is 3.17. The smallest absolute Gasteiger partial charge is 0.306 e. The normalized spacial score (nSPS) is 21.5. The Morgan fingerprint density at radius 2 is 1.09 bits per heavy atom. The largest absolute Gasteiger partial charge is 0.462 e. The molecule has 10 nitrogen and oxygen atoms in total. The third-order valence-corrected chi connectivity index (χ3v) is 8.83. The van der Waals surface area contributed by atoms with Crippen LogP contribution in [-0.2, 0) is 28.5 Å². The first-order valence-corrected chi connectivity index (χ1v) is 20.5. The molecule has 0 aliphatic carbocycles. The van der Waals surface area contributed by atoms with E-state index in [2.05, 4.69) is 86.8 Å².